The number of allylic oxidation sites excluding steroid dienone is 2. The van der Waals surface area contributed by atoms with Crippen LogP contribution in [-0.4, -0.2) is 17.0 Å². The van der Waals surface area contributed by atoms with Gasteiger partial charge in [-0.15, -0.1) is 0 Å². The molecule has 0 amide bonds. The van der Waals surface area contributed by atoms with Crippen molar-refractivity contribution in [1.29, 1.82) is 0 Å². The molecule has 0 aliphatic heterocycles. The maximum Gasteiger partial charge on any atom is 1.00 e. The summed E-state index contributed by atoms with van der Waals surface area (Å²) < 4.78 is 0. The largest absolute Gasteiger partial charge is 1.00 e. The standard InChI is InChI=1S/C18H34O2.C12H24O2.Na/c1-2-3-4-5-6-7-8-9-10-11-12-13-14-15-16-17-18(19)20;1-2-3-4-5-6-7-8-9-10-11-12(13)14;/h9-10H,2-8,11-17H2,1H3,(H,19,20);2-11H2,1H3,(H,13,14);/q;;+1/p-1/b10-9-;;. The van der Waals surface area contributed by atoms with Crippen LogP contribution in [0.1, 0.15) is 168 Å². The third kappa shape index (κ3) is 44.1. The second kappa shape index (κ2) is 35.8. The van der Waals surface area contributed by atoms with Gasteiger partial charge in [0.25, 0.3) is 0 Å². The summed E-state index contributed by atoms with van der Waals surface area (Å²) in [4.78, 5) is 20.4. The number of hydrogen-bond acceptors (Lipinski definition) is 3. The summed E-state index contributed by atoms with van der Waals surface area (Å²) in [6.07, 6.45) is 32.4. The maximum absolute atomic E-state index is 10.3. The van der Waals surface area contributed by atoms with Gasteiger partial charge in [0, 0.05) is 12.4 Å². The van der Waals surface area contributed by atoms with Crippen LogP contribution in [0.4, 0.5) is 0 Å². The number of rotatable bonds is 25. The van der Waals surface area contributed by atoms with Crippen molar-refractivity contribution in [2.45, 2.75) is 168 Å². The minimum atomic E-state index is -0.909. The second-order valence-electron chi connectivity index (χ2n) is 9.68. The summed E-state index contributed by atoms with van der Waals surface area (Å²) in [5, 5.41) is 18.6. The molecule has 0 saturated carbocycles. The molecule has 0 spiro atoms. The topological polar surface area (TPSA) is 77.4 Å². The van der Waals surface area contributed by atoms with E-state index >= 15 is 0 Å². The first-order valence-corrected chi connectivity index (χ1v) is 14.6. The van der Waals surface area contributed by atoms with Gasteiger partial charge in [0.15, 0.2) is 0 Å². The van der Waals surface area contributed by atoms with Gasteiger partial charge in [-0.05, 0) is 44.9 Å². The molecule has 0 saturated heterocycles. The van der Waals surface area contributed by atoms with Gasteiger partial charge < -0.3 is 15.0 Å². The van der Waals surface area contributed by atoms with Crippen LogP contribution >= 0.6 is 0 Å². The first-order chi connectivity index (χ1) is 16.5. The minimum absolute atomic E-state index is 0. The Balaban J connectivity index is -0.000000603. The number of hydrogen-bond donors (Lipinski definition) is 1. The number of aliphatic carboxylic acids is 2. The van der Waals surface area contributed by atoms with Crippen LogP contribution in [0.25, 0.3) is 0 Å². The third-order valence-corrected chi connectivity index (χ3v) is 6.14. The molecular formula is C30H57NaO4. The van der Waals surface area contributed by atoms with Crippen molar-refractivity contribution in [1.82, 2.24) is 0 Å². The molecule has 5 heteroatoms. The van der Waals surface area contributed by atoms with E-state index in [-0.39, 0.29) is 36.0 Å². The third-order valence-electron chi connectivity index (χ3n) is 6.14. The van der Waals surface area contributed by atoms with Gasteiger partial charge in [-0.1, -0.05) is 129 Å². The van der Waals surface area contributed by atoms with Crippen LogP contribution in [-0.2, 0) is 9.59 Å². The Morgan fingerprint density at radius 2 is 0.857 bits per heavy atom. The van der Waals surface area contributed by atoms with Crippen LogP contribution in [0.15, 0.2) is 12.2 Å². The molecule has 0 aromatic heterocycles. The van der Waals surface area contributed by atoms with Crippen molar-refractivity contribution in [3.8, 4) is 0 Å². The Kier molecular flexibility index (Phi) is 40.1. The molecule has 0 aromatic carbocycles. The van der Waals surface area contributed by atoms with E-state index in [1.807, 2.05) is 0 Å². The molecule has 4 nitrogen and oxygen atoms in total. The average Bonchev–Trinajstić information content (AvgIpc) is 2.80. The van der Waals surface area contributed by atoms with Crippen LogP contribution in [0, 0.1) is 0 Å². The quantitative estimate of drug-likeness (QED) is 0.0973. The smallest absolute Gasteiger partial charge is 0.550 e. The maximum atomic E-state index is 10.3. The van der Waals surface area contributed by atoms with Gasteiger partial charge in [0.1, 0.15) is 0 Å². The van der Waals surface area contributed by atoms with Crippen LogP contribution < -0.4 is 34.7 Å². The number of carbonyl (C=O) groups excluding carboxylic acids is 1. The molecule has 0 aromatic rings. The van der Waals surface area contributed by atoms with E-state index in [0.717, 1.165) is 25.7 Å². The molecule has 0 fully saturated rings. The van der Waals surface area contributed by atoms with E-state index in [9.17, 15) is 14.7 Å². The Labute approximate surface area is 240 Å². The summed E-state index contributed by atoms with van der Waals surface area (Å²) >= 11 is 0. The number of carbonyl (C=O) groups is 2. The van der Waals surface area contributed by atoms with E-state index in [4.69, 9.17) is 5.11 Å². The molecule has 1 N–H and O–H groups in total. The summed E-state index contributed by atoms with van der Waals surface area (Å²) in [6.45, 7) is 4.48. The summed E-state index contributed by atoms with van der Waals surface area (Å²) in [7, 11) is 0. The van der Waals surface area contributed by atoms with Crippen LogP contribution in [0.3, 0.4) is 0 Å². The number of unbranched alkanes of at least 4 members (excludes halogenated alkanes) is 19. The van der Waals surface area contributed by atoms with Gasteiger partial charge in [0.05, 0.1) is 0 Å². The van der Waals surface area contributed by atoms with E-state index in [2.05, 4.69) is 26.0 Å². The minimum Gasteiger partial charge on any atom is -0.550 e. The van der Waals surface area contributed by atoms with E-state index in [0.29, 0.717) is 6.42 Å². The fourth-order valence-electron chi connectivity index (χ4n) is 3.93. The molecule has 0 radical (unpaired) electrons. The van der Waals surface area contributed by atoms with E-state index < -0.39 is 11.9 Å². The summed E-state index contributed by atoms with van der Waals surface area (Å²) in [5.74, 6) is -1.57. The predicted octanol–water partition coefficient (Wildman–Crippen LogP) is 5.77. The fraction of sp³-hybridized carbons (Fsp3) is 0.867. The Morgan fingerprint density at radius 3 is 1.20 bits per heavy atom. The van der Waals surface area contributed by atoms with Crippen molar-refractivity contribution >= 4 is 11.9 Å². The molecular weight excluding hydrogens is 447 g/mol. The number of carboxylic acid groups (broad SMARTS) is 2. The molecule has 0 heterocycles. The molecule has 35 heavy (non-hydrogen) atoms. The summed E-state index contributed by atoms with van der Waals surface area (Å²) in [6, 6.07) is 0. The van der Waals surface area contributed by atoms with Crippen molar-refractivity contribution in [3.63, 3.8) is 0 Å². The van der Waals surface area contributed by atoms with E-state index in [1.54, 1.807) is 0 Å². The normalized spacial score (nSPS) is 10.6. The Hall–Kier alpha value is -0.320. The zero-order valence-corrected chi connectivity index (χ0v) is 25.8. The monoisotopic (exact) mass is 504 g/mol. The predicted molar refractivity (Wildman–Crippen MR) is 144 cm³/mol. The summed E-state index contributed by atoms with van der Waals surface area (Å²) in [5.41, 5.74) is 0. The van der Waals surface area contributed by atoms with Crippen molar-refractivity contribution in [3.05, 3.63) is 12.2 Å². The SMILES string of the molecule is CCCCCCCC/C=C\CCCCCCCC(=O)O.CCCCCCCCCCCC(=O)[O-].[Na+]. The Bertz CT molecular complexity index is 452. The van der Waals surface area contributed by atoms with Crippen LogP contribution in [0.5, 0.6) is 0 Å². The van der Waals surface area contributed by atoms with Crippen LogP contribution in [0.2, 0.25) is 0 Å². The molecule has 0 unspecified atom stereocenters. The zero-order chi connectivity index (χ0) is 25.5. The van der Waals surface area contributed by atoms with E-state index in [1.165, 1.54) is 116 Å². The zero-order valence-electron chi connectivity index (χ0n) is 23.8. The molecule has 0 rings (SSSR count). The van der Waals surface area contributed by atoms with Gasteiger partial charge >= 0.3 is 35.5 Å². The van der Waals surface area contributed by atoms with Gasteiger partial charge in [-0.2, -0.15) is 0 Å². The average molecular weight is 505 g/mol. The first-order valence-electron chi connectivity index (χ1n) is 14.6. The van der Waals surface area contributed by atoms with Crippen molar-refractivity contribution in [2.24, 2.45) is 0 Å². The first kappa shape index (κ1) is 39.2. The van der Waals surface area contributed by atoms with Gasteiger partial charge in [-0.25, -0.2) is 0 Å². The molecule has 0 aliphatic carbocycles. The number of carboxylic acids is 2. The van der Waals surface area contributed by atoms with Gasteiger partial charge in [-0.3, -0.25) is 4.79 Å². The molecule has 0 bridgehead atoms. The fourth-order valence-corrected chi connectivity index (χ4v) is 3.93. The van der Waals surface area contributed by atoms with Crippen molar-refractivity contribution in [2.75, 3.05) is 0 Å². The van der Waals surface area contributed by atoms with Crippen molar-refractivity contribution < 1.29 is 49.4 Å². The van der Waals surface area contributed by atoms with Gasteiger partial charge in [0.2, 0.25) is 0 Å². The molecule has 0 atom stereocenters. The molecule has 0 aliphatic rings. The Morgan fingerprint density at radius 1 is 0.543 bits per heavy atom. The molecule has 202 valence electrons. The second-order valence-corrected chi connectivity index (χ2v) is 9.68.